The number of furan rings is 1. The molecule has 3 rings (SSSR count). The summed E-state index contributed by atoms with van der Waals surface area (Å²) in [4.78, 5) is 24.1. The van der Waals surface area contributed by atoms with Crippen LogP contribution in [0.3, 0.4) is 0 Å². The van der Waals surface area contributed by atoms with E-state index in [2.05, 4.69) is 0 Å². The summed E-state index contributed by atoms with van der Waals surface area (Å²) in [5, 5.41) is 9.43. The highest BCUT2D eigenvalue weighted by atomic mass is 16.5. The van der Waals surface area contributed by atoms with E-state index in [0.29, 0.717) is 5.76 Å². The van der Waals surface area contributed by atoms with E-state index < -0.39 is 17.5 Å². The van der Waals surface area contributed by atoms with Crippen molar-refractivity contribution in [1.82, 2.24) is 0 Å². The Hall–Kier alpha value is -3.47. The minimum absolute atomic E-state index is 0.00610. The number of nitriles is 1. The van der Waals surface area contributed by atoms with Crippen LogP contribution in [0.25, 0.3) is 0 Å². The molecule has 3 heterocycles. The largest absolute Gasteiger partial charge is 0.460 e. The smallest absolute Gasteiger partial charge is 0.374 e. The highest BCUT2D eigenvalue weighted by molar-refractivity contribution is 5.86. The molecule has 2 N–H and O–H groups in total. The fourth-order valence-corrected chi connectivity index (χ4v) is 2.62. The van der Waals surface area contributed by atoms with Gasteiger partial charge in [-0.3, -0.25) is 0 Å². The Morgan fingerprint density at radius 3 is 2.84 bits per heavy atom. The Morgan fingerprint density at radius 1 is 1.40 bits per heavy atom. The van der Waals surface area contributed by atoms with E-state index in [1.807, 2.05) is 6.07 Å². The first kappa shape index (κ1) is 16.4. The Morgan fingerprint density at radius 2 is 2.16 bits per heavy atom. The summed E-state index contributed by atoms with van der Waals surface area (Å²) in [5.41, 5.74) is 5.22. The van der Waals surface area contributed by atoms with Gasteiger partial charge in [-0.05, 0) is 26.0 Å². The fourth-order valence-electron chi connectivity index (χ4n) is 2.62. The number of nitrogens with zero attached hydrogens (tertiary/aromatic N) is 1. The zero-order chi connectivity index (χ0) is 18.1. The maximum atomic E-state index is 12.3. The maximum absolute atomic E-state index is 12.3. The molecule has 2 aromatic rings. The molecule has 1 atom stereocenters. The van der Waals surface area contributed by atoms with Crippen LogP contribution in [0.5, 0.6) is 5.75 Å². The minimum Gasteiger partial charge on any atom is -0.460 e. The fraction of sp³-hybridized carbons (Fsp3) is 0.235. The predicted molar refractivity (Wildman–Crippen MR) is 83.7 cm³/mol. The lowest BCUT2D eigenvalue weighted by Crippen LogP contribution is -2.26. The number of hydrogen-bond acceptors (Lipinski definition) is 8. The number of carbonyl (C=O) groups is 1. The first-order valence-corrected chi connectivity index (χ1v) is 7.45. The lowest BCUT2D eigenvalue weighted by atomic mass is 9.88. The third-order valence-electron chi connectivity index (χ3n) is 3.64. The second-order valence-corrected chi connectivity index (χ2v) is 5.27. The number of esters is 1. The number of nitrogens with two attached hydrogens (primary N) is 1. The van der Waals surface area contributed by atoms with Crippen molar-refractivity contribution in [2.75, 3.05) is 6.61 Å². The summed E-state index contributed by atoms with van der Waals surface area (Å²) in [7, 11) is 0. The lowest BCUT2D eigenvalue weighted by molar-refractivity contribution is 0.0488. The van der Waals surface area contributed by atoms with E-state index in [1.54, 1.807) is 13.8 Å². The molecule has 1 aliphatic rings. The van der Waals surface area contributed by atoms with Gasteiger partial charge in [0, 0.05) is 6.07 Å². The third kappa shape index (κ3) is 2.76. The molecule has 128 valence electrons. The van der Waals surface area contributed by atoms with Crippen molar-refractivity contribution < 1.29 is 23.1 Å². The molecule has 0 saturated carbocycles. The number of rotatable bonds is 3. The van der Waals surface area contributed by atoms with Crippen molar-refractivity contribution in [3.63, 3.8) is 0 Å². The first-order chi connectivity index (χ1) is 12.0. The number of ether oxygens (including phenoxy) is 2. The van der Waals surface area contributed by atoms with Crippen molar-refractivity contribution in [3.8, 4) is 11.8 Å². The Labute approximate surface area is 142 Å². The topological polar surface area (TPSA) is 129 Å². The van der Waals surface area contributed by atoms with Gasteiger partial charge < -0.3 is 24.0 Å². The monoisotopic (exact) mass is 342 g/mol. The molecule has 0 saturated heterocycles. The molecule has 0 bridgehead atoms. The van der Waals surface area contributed by atoms with Crippen LogP contribution in [0.1, 0.15) is 40.5 Å². The number of allylic oxidation sites excluding steroid dienone is 1. The van der Waals surface area contributed by atoms with Gasteiger partial charge in [-0.15, -0.1) is 0 Å². The second-order valence-electron chi connectivity index (χ2n) is 5.27. The molecule has 0 unspecified atom stereocenters. The molecule has 2 aromatic heterocycles. The van der Waals surface area contributed by atoms with Gasteiger partial charge in [-0.1, -0.05) is 0 Å². The van der Waals surface area contributed by atoms with E-state index in [-0.39, 0.29) is 40.9 Å². The predicted octanol–water partition coefficient (Wildman–Crippen LogP) is 1.94. The average Bonchev–Trinajstić information content (AvgIpc) is 3.03. The summed E-state index contributed by atoms with van der Waals surface area (Å²) in [6, 6.07) is 6.31. The first-order valence-electron chi connectivity index (χ1n) is 7.45. The highest BCUT2D eigenvalue weighted by Gasteiger charge is 2.36. The Balaban J connectivity index is 2.16. The quantitative estimate of drug-likeness (QED) is 0.838. The van der Waals surface area contributed by atoms with E-state index in [1.165, 1.54) is 18.2 Å². The standard InChI is InChI=1S/C17H14N2O6/c1-3-22-16(20)11-5-4-10(24-11)13-9(7-18)15(19)25-12-6-8(2)23-17(21)14(12)13/h4-6,13H,3,19H2,1-2H3/t13-/m1/s1. The van der Waals surface area contributed by atoms with E-state index in [4.69, 9.17) is 24.0 Å². The molecule has 0 spiro atoms. The SMILES string of the molecule is CCOC(=O)c1ccc([C@H]2C(C#N)=C(N)Oc3cc(C)oc(=O)c32)o1. The van der Waals surface area contributed by atoms with Crippen LogP contribution in [-0.4, -0.2) is 12.6 Å². The van der Waals surface area contributed by atoms with Gasteiger partial charge in [0.1, 0.15) is 28.9 Å². The number of hydrogen-bond donors (Lipinski definition) is 1. The molecule has 25 heavy (non-hydrogen) atoms. The third-order valence-corrected chi connectivity index (χ3v) is 3.64. The molecule has 0 amide bonds. The van der Waals surface area contributed by atoms with Gasteiger partial charge in [-0.2, -0.15) is 5.26 Å². The second kappa shape index (κ2) is 6.20. The van der Waals surface area contributed by atoms with Crippen LogP contribution >= 0.6 is 0 Å². The van der Waals surface area contributed by atoms with E-state index in [9.17, 15) is 14.9 Å². The van der Waals surface area contributed by atoms with Gasteiger partial charge >= 0.3 is 11.6 Å². The van der Waals surface area contributed by atoms with Crippen LogP contribution < -0.4 is 16.1 Å². The molecule has 0 fully saturated rings. The molecule has 8 nitrogen and oxygen atoms in total. The maximum Gasteiger partial charge on any atom is 0.374 e. The van der Waals surface area contributed by atoms with Gasteiger partial charge in [0.05, 0.1) is 18.1 Å². The summed E-state index contributed by atoms with van der Waals surface area (Å²) in [6.45, 7) is 3.45. The van der Waals surface area contributed by atoms with Crippen molar-refractivity contribution in [3.05, 3.63) is 62.9 Å². The molecule has 8 heteroatoms. The van der Waals surface area contributed by atoms with Crippen LogP contribution in [-0.2, 0) is 4.74 Å². The summed E-state index contributed by atoms with van der Waals surface area (Å²) in [6.07, 6.45) is 0. The normalized spacial score (nSPS) is 16.0. The Kier molecular flexibility index (Phi) is 4.07. The van der Waals surface area contributed by atoms with Gasteiger partial charge in [-0.25, -0.2) is 9.59 Å². The number of carbonyl (C=O) groups excluding carboxylic acids is 1. The number of fused-ring (bicyclic) bond motifs is 1. The molecule has 0 aliphatic carbocycles. The lowest BCUT2D eigenvalue weighted by Gasteiger charge is -2.23. The van der Waals surface area contributed by atoms with Crippen molar-refractivity contribution in [2.45, 2.75) is 19.8 Å². The van der Waals surface area contributed by atoms with Gasteiger partial charge in [0.15, 0.2) is 0 Å². The van der Waals surface area contributed by atoms with Gasteiger partial charge in [0.25, 0.3) is 0 Å². The van der Waals surface area contributed by atoms with Crippen molar-refractivity contribution in [2.24, 2.45) is 5.73 Å². The van der Waals surface area contributed by atoms with Crippen molar-refractivity contribution in [1.29, 1.82) is 5.26 Å². The summed E-state index contributed by atoms with van der Waals surface area (Å²) < 4.78 is 20.9. The van der Waals surface area contributed by atoms with Crippen LogP contribution in [0.2, 0.25) is 0 Å². The van der Waals surface area contributed by atoms with E-state index in [0.717, 1.165) is 0 Å². The molecule has 0 radical (unpaired) electrons. The highest BCUT2D eigenvalue weighted by Crippen LogP contribution is 2.41. The average molecular weight is 342 g/mol. The summed E-state index contributed by atoms with van der Waals surface area (Å²) >= 11 is 0. The minimum atomic E-state index is -0.936. The molecule has 0 aromatic carbocycles. The number of aryl methyl sites for hydroxylation is 1. The van der Waals surface area contributed by atoms with Crippen molar-refractivity contribution >= 4 is 5.97 Å². The Bertz CT molecular complexity index is 976. The zero-order valence-electron chi connectivity index (χ0n) is 13.5. The molecule has 1 aliphatic heterocycles. The van der Waals surface area contributed by atoms with Crippen LogP contribution in [0.4, 0.5) is 0 Å². The zero-order valence-corrected chi connectivity index (χ0v) is 13.5. The van der Waals surface area contributed by atoms with E-state index >= 15 is 0 Å². The molecular formula is C17H14N2O6. The van der Waals surface area contributed by atoms with Crippen LogP contribution in [0, 0.1) is 18.3 Å². The van der Waals surface area contributed by atoms with Crippen LogP contribution in [0.15, 0.2) is 43.3 Å². The summed E-state index contributed by atoms with van der Waals surface area (Å²) in [5.74, 6) is -1.06. The molecular weight excluding hydrogens is 328 g/mol. The van der Waals surface area contributed by atoms with Gasteiger partial charge in [0.2, 0.25) is 11.6 Å².